The van der Waals surface area contributed by atoms with Crippen LogP contribution in [0.3, 0.4) is 0 Å². The van der Waals surface area contributed by atoms with Crippen molar-refractivity contribution in [2.75, 3.05) is 13.6 Å². The fourth-order valence-corrected chi connectivity index (χ4v) is 2.67. The number of halogens is 4. The molecule has 0 aliphatic heterocycles. The van der Waals surface area contributed by atoms with Gasteiger partial charge >= 0.3 is 6.18 Å². The SMILES string of the molecule is CC(Br)CCN(C)C(=O)C1CCC(C(F)(F)F)CC1. The molecule has 1 aliphatic rings. The maximum atomic E-state index is 12.5. The molecule has 0 bridgehead atoms. The molecule has 0 aromatic heterocycles. The molecule has 0 spiro atoms. The second-order valence-electron chi connectivity index (χ2n) is 5.42. The summed E-state index contributed by atoms with van der Waals surface area (Å²) in [5.41, 5.74) is 0. The Bertz CT molecular complexity index is 299. The third-order valence-corrected chi connectivity index (χ3v) is 4.24. The lowest BCUT2D eigenvalue weighted by Gasteiger charge is -2.31. The van der Waals surface area contributed by atoms with Crippen molar-refractivity contribution < 1.29 is 18.0 Å². The minimum atomic E-state index is -4.11. The van der Waals surface area contributed by atoms with Crippen molar-refractivity contribution in [2.45, 2.75) is 50.0 Å². The summed E-state index contributed by atoms with van der Waals surface area (Å²) in [6.07, 6.45) is -2.37. The van der Waals surface area contributed by atoms with Crippen molar-refractivity contribution >= 4 is 21.8 Å². The first-order valence-corrected chi connectivity index (χ1v) is 7.59. The van der Waals surface area contributed by atoms with Crippen LogP contribution < -0.4 is 0 Å². The molecule has 0 N–H and O–H groups in total. The second kappa shape index (κ2) is 6.95. The van der Waals surface area contributed by atoms with Gasteiger partial charge in [-0.2, -0.15) is 13.2 Å². The van der Waals surface area contributed by atoms with Crippen molar-refractivity contribution in [3.8, 4) is 0 Å². The Kier molecular flexibility index (Phi) is 6.15. The van der Waals surface area contributed by atoms with Gasteiger partial charge in [0.15, 0.2) is 0 Å². The normalized spacial score (nSPS) is 26.0. The third kappa shape index (κ3) is 5.32. The second-order valence-corrected chi connectivity index (χ2v) is 6.98. The topological polar surface area (TPSA) is 20.3 Å². The van der Waals surface area contributed by atoms with E-state index in [2.05, 4.69) is 15.9 Å². The summed E-state index contributed by atoms with van der Waals surface area (Å²) in [5, 5.41) is 0. The monoisotopic (exact) mass is 343 g/mol. The van der Waals surface area contributed by atoms with E-state index in [1.165, 1.54) is 0 Å². The van der Waals surface area contributed by atoms with Crippen LogP contribution in [0, 0.1) is 11.8 Å². The summed E-state index contributed by atoms with van der Waals surface area (Å²) >= 11 is 3.41. The van der Waals surface area contributed by atoms with Crippen LogP contribution in [-0.4, -0.2) is 35.4 Å². The molecule has 6 heteroatoms. The molecule has 112 valence electrons. The number of carbonyl (C=O) groups is 1. The predicted molar refractivity (Wildman–Crippen MR) is 72.1 cm³/mol. The summed E-state index contributed by atoms with van der Waals surface area (Å²) in [6, 6.07) is 0. The van der Waals surface area contributed by atoms with Crippen LogP contribution in [0.25, 0.3) is 0 Å². The smallest absolute Gasteiger partial charge is 0.345 e. The first-order valence-electron chi connectivity index (χ1n) is 6.67. The predicted octanol–water partition coefficient (Wildman–Crippen LogP) is 3.99. The number of alkyl halides is 4. The zero-order valence-electron chi connectivity index (χ0n) is 11.3. The average molecular weight is 344 g/mol. The number of hydrogen-bond acceptors (Lipinski definition) is 1. The van der Waals surface area contributed by atoms with Gasteiger partial charge in [-0.1, -0.05) is 22.9 Å². The van der Waals surface area contributed by atoms with Gasteiger partial charge in [0.1, 0.15) is 0 Å². The molecule has 1 atom stereocenters. The van der Waals surface area contributed by atoms with Gasteiger partial charge in [-0.05, 0) is 32.1 Å². The number of rotatable bonds is 4. The highest BCUT2D eigenvalue weighted by molar-refractivity contribution is 9.09. The molecule has 1 saturated carbocycles. The standard InChI is InChI=1S/C13H21BrF3NO/c1-9(14)7-8-18(2)12(19)10-3-5-11(6-4-10)13(15,16)17/h9-11H,3-8H2,1-2H3. The van der Waals surface area contributed by atoms with E-state index in [1.54, 1.807) is 11.9 Å². The Morgan fingerprint density at radius 3 is 2.26 bits per heavy atom. The fraction of sp³-hybridized carbons (Fsp3) is 0.923. The number of hydrogen-bond donors (Lipinski definition) is 0. The van der Waals surface area contributed by atoms with Gasteiger partial charge in [-0.15, -0.1) is 0 Å². The largest absolute Gasteiger partial charge is 0.391 e. The van der Waals surface area contributed by atoms with Crippen molar-refractivity contribution in [3.63, 3.8) is 0 Å². The molecule has 2 nitrogen and oxygen atoms in total. The molecule has 1 unspecified atom stereocenters. The van der Waals surface area contributed by atoms with E-state index in [0.29, 0.717) is 24.2 Å². The van der Waals surface area contributed by atoms with Gasteiger partial charge in [0, 0.05) is 24.3 Å². The Morgan fingerprint density at radius 1 is 1.32 bits per heavy atom. The van der Waals surface area contributed by atoms with Crippen LogP contribution >= 0.6 is 15.9 Å². The molecule has 0 heterocycles. The van der Waals surface area contributed by atoms with Crippen LogP contribution in [0.5, 0.6) is 0 Å². The molecule has 19 heavy (non-hydrogen) atoms. The van der Waals surface area contributed by atoms with E-state index >= 15 is 0 Å². The zero-order valence-corrected chi connectivity index (χ0v) is 12.9. The molecule has 0 aromatic rings. The van der Waals surface area contributed by atoms with Gasteiger partial charge < -0.3 is 4.90 Å². The summed E-state index contributed by atoms with van der Waals surface area (Å²) in [7, 11) is 1.73. The van der Waals surface area contributed by atoms with Crippen molar-refractivity contribution in [1.29, 1.82) is 0 Å². The minimum Gasteiger partial charge on any atom is -0.345 e. The summed E-state index contributed by atoms with van der Waals surface area (Å²) in [5.74, 6) is -1.45. The molecule has 1 aliphatic carbocycles. The Morgan fingerprint density at radius 2 is 1.84 bits per heavy atom. The van der Waals surface area contributed by atoms with Crippen LogP contribution in [0.15, 0.2) is 0 Å². The number of nitrogens with zero attached hydrogens (tertiary/aromatic N) is 1. The maximum Gasteiger partial charge on any atom is 0.391 e. The Hall–Kier alpha value is -0.260. The molecule has 1 fully saturated rings. The lowest BCUT2D eigenvalue weighted by molar-refractivity contribution is -0.185. The third-order valence-electron chi connectivity index (χ3n) is 3.78. The van der Waals surface area contributed by atoms with Gasteiger partial charge in [-0.25, -0.2) is 0 Å². The van der Waals surface area contributed by atoms with E-state index in [-0.39, 0.29) is 24.7 Å². The van der Waals surface area contributed by atoms with E-state index < -0.39 is 12.1 Å². The van der Waals surface area contributed by atoms with E-state index in [9.17, 15) is 18.0 Å². The highest BCUT2D eigenvalue weighted by atomic mass is 79.9. The van der Waals surface area contributed by atoms with Crippen LogP contribution in [-0.2, 0) is 4.79 Å². The van der Waals surface area contributed by atoms with Crippen LogP contribution in [0.2, 0.25) is 0 Å². The fourth-order valence-electron chi connectivity index (χ4n) is 2.46. The average Bonchev–Trinajstić information content (AvgIpc) is 2.34. The van der Waals surface area contributed by atoms with Crippen molar-refractivity contribution in [2.24, 2.45) is 11.8 Å². The summed E-state index contributed by atoms with van der Waals surface area (Å²) in [6.45, 7) is 2.65. The molecule has 0 aromatic carbocycles. The molecular weight excluding hydrogens is 323 g/mol. The minimum absolute atomic E-state index is 0.00576. The lowest BCUT2D eigenvalue weighted by Crippen LogP contribution is -2.37. The first-order chi connectivity index (χ1) is 8.71. The first kappa shape index (κ1) is 16.8. The van der Waals surface area contributed by atoms with Gasteiger partial charge in [0.2, 0.25) is 5.91 Å². The molecule has 0 saturated heterocycles. The molecule has 1 rings (SSSR count). The van der Waals surface area contributed by atoms with Crippen LogP contribution in [0.1, 0.15) is 39.0 Å². The van der Waals surface area contributed by atoms with Gasteiger partial charge in [0.05, 0.1) is 5.92 Å². The number of amides is 1. The van der Waals surface area contributed by atoms with Crippen molar-refractivity contribution in [1.82, 2.24) is 4.90 Å². The van der Waals surface area contributed by atoms with Crippen molar-refractivity contribution in [3.05, 3.63) is 0 Å². The van der Waals surface area contributed by atoms with Crippen LogP contribution in [0.4, 0.5) is 13.2 Å². The Labute approximate surface area is 120 Å². The van der Waals surface area contributed by atoms with E-state index in [1.807, 2.05) is 6.92 Å². The highest BCUT2D eigenvalue weighted by Gasteiger charge is 2.42. The molecule has 0 radical (unpaired) electrons. The quantitative estimate of drug-likeness (QED) is 0.707. The highest BCUT2D eigenvalue weighted by Crippen LogP contribution is 2.39. The van der Waals surface area contributed by atoms with E-state index in [0.717, 1.165) is 6.42 Å². The van der Waals surface area contributed by atoms with Gasteiger partial charge in [-0.3, -0.25) is 4.79 Å². The molecular formula is C13H21BrF3NO. The summed E-state index contributed by atoms with van der Waals surface area (Å²) < 4.78 is 37.6. The van der Waals surface area contributed by atoms with E-state index in [4.69, 9.17) is 0 Å². The Balaban J connectivity index is 2.40. The number of carbonyl (C=O) groups excluding carboxylic acids is 1. The lowest BCUT2D eigenvalue weighted by atomic mass is 9.81. The zero-order chi connectivity index (χ0) is 14.6. The summed E-state index contributed by atoms with van der Waals surface area (Å²) in [4.78, 5) is 14.1. The van der Waals surface area contributed by atoms with Gasteiger partial charge in [0.25, 0.3) is 0 Å². The molecule has 1 amide bonds. The maximum absolute atomic E-state index is 12.5.